The van der Waals surface area contributed by atoms with E-state index in [-0.39, 0.29) is 18.4 Å². The van der Waals surface area contributed by atoms with Gasteiger partial charge in [-0.1, -0.05) is 41.5 Å². The minimum absolute atomic E-state index is 0.177. The summed E-state index contributed by atoms with van der Waals surface area (Å²) in [6.07, 6.45) is 2.19. The van der Waals surface area contributed by atoms with Crippen molar-refractivity contribution in [3.05, 3.63) is 107 Å². The quantitative estimate of drug-likeness (QED) is 0.346. The molecule has 1 aliphatic heterocycles. The molecule has 5 rings (SSSR count). The number of esters is 1. The molecule has 39 heavy (non-hydrogen) atoms. The summed E-state index contributed by atoms with van der Waals surface area (Å²) in [6.45, 7) is 3.68. The van der Waals surface area contributed by atoms with Crippen molar-refractivity contribution in [3.63, 3.8) is 0 Å². The van der Waals surface area contributed by atoms with Crippen LogP contribution in [-0.4, -0.2) is 64.1 Å². The van der Waals surface area contributed by atoms with Gasteiger partial charge < -0.3 is 14.4 Å². The van der Waals surface area contributed by atoms with E-state index >= 15 is 0 Å². The average molecular weight is 525 g/mol. The summed E-state index contributed by atoms with van der Waals surface area (Å²) in [5.74, 6) is -0.697. The number of carbonyl (C=O) groups is 3. The molecule has 1 aliphatic rings. The number of amides is 2. The number of rotatable bonds is 6. The molecule has 1 atom stereocenters. The first-order valence-electron chi connectivity index (χ1n) is 12.4. The normalized spacial score (nSPS) is 14.6. The standard InChI is InChI=1S/C30H28N4O5/c1-19-8-12-21(13-9-19)28(35)33-16-25(39-26(33)17-38-30(37)22-14-10-20(2)11-15-22)34-18-31-27-23(29(36)32(3)4)6-5-7-24(27)34/h5-16,18,26H,17H2,1-4H3. The van der Waals surface area contributed by atoms with Crippen LogP contribution in [0, 0.1) is 13.8 Å². The first-order chi connectivity index (χ1) is 18.7. The summed E-state index contributed by atoms with van der Waals surface area (Å²) in [7, 11) is 3.36. The van der Waals surface area contributed by atoms with Crippen molar-refractivity contribution in [2.24, 2.45) is 0 Å². The second-order valence-corrected chi connectivity index (χ2v) is 9.57. The molecule has 0 N–H and O–H groups in total. The third-order valence-electron chi connectivity index (χ3n) is 6.44. The summed E-state index contributed by atoms with van der Waals surface area (Å²) < 4.78 is 13.4. The molecule has 4 aromatic rings. The van der Waals surface area contributed by atoms with Crippen LogP contribution in [0.25, 0.3) is 16.9 Å². The Labute approximate surface area is 225 Å². The minimum Gasteiger partial charge on any atom is -0.456 e. The molecule has 9 heteroatoms. The van der Waals surface area contributed by atoms with Gasteiger partial charge in [0.15, 0.2) is 0 Å². The maximum Gasteiger partial charge on any atom is 0.338 e. The van der Waals surface area contributed by atoms with Crippen LogP contribution in [0.15, 0.2) is 79.3 Å². The number of carbonyl (C=O) groups excluding carboxylic acids is 3. The molecule has 0 spiro atoms. The van der Waals surface area contributed by atoms with Crippen LogP contribution < -0.4 is 0 Å². The number of imidazole rings is 1. The Bertz CT molecular complexity index is 1590. The number of aryl methyl sites for hydroxylation is 2. The Balaban J connectivity index is 1.46. The Morgan fingerprint density at radius 3 is 2.21 bits per heavy atom. The van der Waals surface area contributed by atoms with Gasteiger partial charge in [0.2, 0.25) is 12.1 Å². The highest BCUT2D eigenvalue weighted by molar-refractivity contribution is 6.05. The predicted octanol–water partition coefficient (Wildman–Crippen LogP) is 4.47. The number of hydrogen-bond donors (Lipinski definition) is 0. The van der Waals surface area contributed by atoms with E-state index in [0.717, 1.165) is 11.1 Å². The predicted molar refractivity (Wildman–Crippen MR) is 146 cm³/mol. The maximum atomic E-state index is 13.5. The van der Waals surface area contributed by atoms with Crippen LogP contribution in [0.1, 0.15) is 42.2 Å². The second-order valence-electron chi connectivity index (χ2n) is 9.57. The molecule has 1 unspecified atom stereocenters. The molecule has 2 amide bonds. The number of aromatic nitrogens is 2. The van der Waals surface area contributed by atoms with Gasteiger partial charge in [-0.3, -0.25) is 19.1 Å². The molecule has 0 fully saturated rings. The molecule has 0 radical (unpaired) electrons. The lowest BCUT2D eigenvalue weighted by atomic mass is 10.1. The highest BCUT2D eigenvalue weighted by Crippen LogP contribution is 2.29. The van der Waals surface area contributed by atoms with Crippen molar-refractivity contribution in [1.29, 1.82) is 0 Å². The Hall–Kier alpha value is -4.92. The highest BCUT2D eigenvalue weighted by Gasteiger charge is 2.34. The number of hydrogen-bond acceptors (Lipinski definition) is 6. The lowest BCUT2D eigenvalue weighted by molar-refractivity contribution is -0.00715. The number of para-hydroxylation sites is 1. The van der Waals surface area contributed by atoms with E-state index in [1.54, 1.807) is 61.3 Å². The molecule has 9 nitrogen and oxygen atoms in total. The zero-order valence-corrected chi connectivity index (χ0v) is 22.1. The molecule has 2 heterocycles. The monoisotopic (exact) mass is 524 g/mol. The van der Waals surface area contributed by atoms with Gasteiger partial charge in [-0.25, -0.2) is 9.78 Å². The van der Waals surface area contributed by atoms with E-state index in [2.05, 4.69) is 4.98 Å². The summed E-state index contributed by atoms with van der Waals surface area (Å²) in [6, 6.07) is 19.5. The molecule has 0 saturated heterocycles. The highest BCUT2D eigenvalue weighted by atomic mass is 16.6. The van der Waals surface area contributed by atoms with Gasteiger partial charge in [-0.15, -0.1) is 0 Å². The van der Waals surface area contributed by atoms with E-state index in [9.17, 15) is 14.4 Å². The Kier molecular flexibility index (Phi) is 6.89. The Morgan fingerprint density at radius 2 is 1.56 bits per heavy atom. The van der Waals surface area contributed by atoms with Gasteiger partial charge in [0, 0.05) is 19.7 Å². The lowest BCUT2D eigenvalue weighted by Gasteiger charge is -2.22. The fourth-order valence-corrected chi connectivity index (χ4v) is 4.24. The maximum absolute atomic E-state index is 13.5. The van der Waals surface area contributed by atoms with Crippen LogP contribution >= 0.6 is 0 Å². The summed E-state index contributed by atoms with van der Waals surface area (Å²) in [5.41, 5.74) is 4.51. The fraction of sp³-hybridized carbons (Fsp3) is 0.200. The molecule has 0 aliphatic carbocycles. The van der Waals surface area contributed by atoms with Gasteiger partial charge in [0.05, 0.1) is 22.8 Å². The van der Waals surface area contributed by atoms with Gasteiger partial charge in [0.1, 0.15) is 18.5 Å². The third kappa shape index (κ3) is 5.11. The Morgan fingerprint density at radius 1 is 0.923 bits per heavy atom. The molecule has 1 aromatic heterocycles. The largest absolute Gasteiger partial charge is 0.456 e. The van der Waals surface area contributed by atoms with E-state index in [0.29, 0.717) is 33.6 Å². The topological polar surface area (TPSA) is 94.0 Å². The number of fused-ring (bicyclic) bond motifs is 1. The smallest absolute Gasteiger partial charge is 0.338 e. The summed E-state index contributed by atoms with van der Waals surface area (Å²) >= 11 is 0. The zero-order chi connectivity index (χ0) is 27.7. The van der Waals surface area contributed by atoms with Crippen LogP contribution in [0.5, 0.6) is 0 Å². The number of benzene rings is 3. The number of nitrogens with zero attached hydrogens (tertiary/aromatic N) is 4. The summed E-state index contributed by atoms with van der Waals surface area (Å²) in [4.78, 5) is 46.2. The van der Waals surface area contributed by atoms with Gasteiger partial charge in [-0.2, -0.15) is 0 Å². The first kappa shape index (κ1) is 25.7. The van der Waals surface area contributed by atoms with E-state index in [4.69, 9.17) is 9.47 Å². The lowest BCUT2D eigenvalue weighted by Crippen LogP contribution is -2.37. The van der Waals surface area contributed by atoms with E-state index in [1.165, 1.54) is 16.1 Å². The second kappa shape index (κ2) is 10.4. The molecule has 198 valence electrons. The van der Waals surface area contributed by atoms with Crippen molar-refractivity contribution in [2.75, 3.05) is 20.7 Å². The van der Waals surface area contributed by atoms with Crippen LogP contribution in [0.2, 0.25) is 0 Å². The average Bonchev–Trinajstić information content (AvgIpc) is 3.56. The first-order valence-corrected chi connectivity index (χ1v) is 12.4. The van der Waals surface area contributed by atoms with Crippen molar-refractivity contribution < 1.29 is 23.9 Å². The third-order valence-corrected chi connectivity index (χ3v) is 6.44. The van der Waals surface area contributed by atoms with Gasteiger partial charge in [-0.05, 0) is 50.2 Å². The summed E-state index contributed by atoms with van der Waals surface area (Å²) in [5, 5.41) is 0. The van der Waals surface area contributed by atoms with Crippen molar-refractivity contribution in [2.45, 2.75) is 20.1 Å². The van der Waals surface area contributed by atoms with Crippen LogP contribution in [0.3, 0.4) is 0 Å². The van der Waals surface area contributed by atoms with Gasteiger partial charge in [0.25, 0.3) is 11.8 Å². The van der Waals surface area contributed by atoms with Crippen LogP contribution in [-0.2, 0) is 9.47 Å². The van der Waals surface area contributed by atoms with Crippen molar-refractivity contribution >= 4 is 34.7 Å². The zero-order valence-electron chi connectivity index (χ0n) is 22.1. The molecule has 3 aromatic carbocycles. The molecular formula is C30H28N4O5. The minimum atomic E-state index is -0.910. The number of ether oxygens (including phenoxy) is 2. The van der Waals surface area contributed by atoms with Crippen molar-refractivity contribution in [1.82, 2.24) is 19.4 Å². The molecule has 0 bridgehead atoms. The molecule has 0 saturated carbocycles. The van der Waals surface area contributed by atoms with Crippen LogP contribution in [0.4, 0.5) is 0 Å². The SMILES string of the molecule is Cc1ccc(C(=O)OCC2OC(n3cnc4c(C(=O)N(C)C)cccc43)=CN2C(=O)c2ccc(C)cc2)cc1. The van der Waals surface area contributed by atoms with E-state index in [1.807, 2.05) is 44.2 Å². The van der Waals surface area contributed by atoms with Crippen molar-refractivity contribution in [3.8, 4) is 0 Å². The van der Waals surface area contributed by atoms with E-state index < -0.39 is 12.2 Å². The fourth-order valence-electron chi connectivity index (χ4n) is 4.24. The van der Waals surface area contributed by atoms with Gasteiger partial charge >= 0.3 is 5.97 Å². The molecular weight excluding hydrogens is 496 g/mol.